The quantitative estimate of drug-likeness (QED) is 0.850. The highest BCUT2D eigenvalue weighted by molar-refractivity contribution is 5.95. The second-order valence-electron chi connectivity index (χ2n) is 8.06. The van der Waals surface area contributed by atoms with Crippen LogP contribution in [0.25, 0.3) is 0 Å². The number of amides is 2. The van der Waals surface area contributed by atoms with E-state index in [4.69, 9.17) is 0 Å². The summed E-state index contributed by atoms with van der Waals surface area (Å²) < 4.78 is 13.0. The van der Waals surface area contributed by atoms with Crippen LogP contribution in [0.3, 0.4) is 0 Å². The van der Waals surface area contributed by atoms with E-state index in [9.17, 15) is 14.0 Å². The van der Waals surface area contributed by atoms with E-state index in [1.54, 1.807) is 24.4 Å². The highest BCUT2D eigenvalue weighted by Crippen LogP contribution is 2.70. The van der Waals surface area contributed by atoms with Crippen molar-refractivity contribution in [1.29, 1.82) is 0 Å². The molecule has 5 rings (SSSR count). The molecule has 1 heterocycles. The van der Waals surface area contributed by atoms with Crippen LogP contribution in [0.4, 0.5) is 10.1 Å². The van der Waals surface area contributed by atoms with Crippen molar-refractivity contribution < 1.29 is 14.0 Å². The molecular formula is C21H22FN3O2. The number of nitrogens with zero attached hydrogens (tertiary/aromatic N) is 1. The largest absolute Gasteiger partial charge is 0.345 e. The SMILES string of the molecule is Cc1ccnc(C(=O)NC23CC(C(C)C(=O)Nc4ccc(F)cc4)(C2)C3)c1. The number of benzene rings is 1. The minimum Gasteiger partial charge on any atom is -0.345 e. The fourth-order valence-electron chi connectivity index (χ4n) is 4.49. The first-order valence-electron chi connectivity index (χ1n) is 9.13. The van der Waals surface area contributed by atoms with Crippen molar-refractivity contribution in [1.82, 2.24) is 10.3 Å². The smallest absolute Gasteiger partial charge is 0.270 e. The molecule has 0 saturated heterocycles. The summed E-state index contributed by atoms with van der Waals surface area (Å²) >= 11 is 0. The van der Waals surface area contributed by atoms with Crippen LogP contribution < -0.4 is 10.6 Å². The molecule has 3 fully saturated rings. The lowest BCUT2D eigenvalue weighted by Crippen LogP contribution is -2.77. The number of pyridine rings is 1. The van der Waals surface area contributed by atoms with Gasteiger partial charge in [-0.3, -0.25) is 14.6 Å². The summed E-state index contributed by atoms with van der Waals surface area (Å²) in [5.41, 5.74) is 1.75. The van der Waals surface area contributed by atoms with E-state index in [0.29, 0.717) is 11.4 Å². The molecule has 3 aliphatic rings. The number of rotatable bonds is 5. The van der Waals surface area contributed by atoms with E-state index >= 15 is 0 Å². The van der Waals surface area contributed by atoms with Crippen molar-refractivity contribution in [2.45, 2.75) is 38.6 Å². The van der Waals surface area contributed by atoms with Gasteiger partial charge in [0.1, 0.15) is 11.5 Å². The molecule has 5 nitrogen and oxygen atoms in total. The average Bonchev–Trinajstić information content (AvgIpc) is 2.58. The highest BCUT2D eigenvalue weighted by Gasteiger charge is 2.71. The molecule has 1 aromatic carbocycles. The molecule has 0 aliphatic heterocycles. The normalized spacial score (nSPS) is 26.3. The van der Waals surface area contributed by atoms with Crippen LogP contribution >= 0.6 is 0 Å². The Morgan fingerprint density at radius 3 is 2.44 bits per heavy atom. The van der Waals surface area contributed by atoms with Gasteiger partial charge in [0, 0.05) is 23.3 Å². The molecule has 1 aromatic heterocycles. The number of aromatic nitrogens is 1. The molecular weight excluding hydrogens is 345 g/mol. The lowest BCUT2D eigenvalue weighted by Gasteiger charge is -2.72. The van der Waals surface area contributed by atoms with Crippen molar-refractivity contribution in [3.8, 4) is 0 Å². The number of nitrogens with one attached hydrogen (secondary N) is 2. The van der Waals surface area contributed by atoms with Gasteiger partial charge in [0.15, 0.2) is 0 Å². The standard InChI is InChI=1S/C21H22FN3O2/c1-13-7-8-23-17(9-13)19(27)25-21-10-20(11-21,12-21)14(2)18(26)24-16-5-3-15(22)4-6-16/h3-9,14H,10-12H2,1-2H3,(H,24,26)(H,25,27). The third kappa shape index (κ3) is 3.09. The van der Waals surface area contributed by atoms with Crippen molar-refractivity contribution >= 4 is 17.5 Å². The Hall–Kier alpha value is -2.76. The minimum absolute atomic E-state index is 0.0581. The van der Waals surface area contributed by atoms with Gasteiger partial charge in [-0.25, -0.2) is 4.39 Å². The second kappa shape index (κ2) is 6.15. The van der Waals surface area contributed by atoms with Crippen LogP contribution in [0, 0.1) is 24.1 Å². The van der Waals surface area contributed by atoms with Gasteiger partial charge in [-0.1, -0.05) is 6.92 Å². The number of hydrogen-bond acceptors (Lipinski definition) is 3. The first-order valence-corrected chi connectivity index (χ1v) is 9.13. The number of anilines is 1. The van der Waals surface area contributed by atoms with Crippen LogP contribution in [-0.4, -0.2) is 22.3 Å². The van der Waals surface area contributed by atoms with Gasteiger partial charge in [-0.2, -0.15) is 0 Å². The van der Waals surface area contributed by atoms with Crippen molar-refractivity contribution in [3.05, 3.63) is 59.7 Å². The van der Waals surface area contributed by atoms with Gasteiger partial charge in [0.05, 0.1) is 0 Å². The van der Waals surface area contributed by atoms with Gasteiger partial charge >= 0.3 is 0 Å². The maximum Gasteiger partial charge on any atom is 0.270 e. The molecule has 2 amide bonds. The molecule has 140 valence electrons. The molecule has 3 saturated carbocycles. The summed E-state index contributed by atoms with van der Waals surface area (Å²) in [6.45, 7) is 3.85. The summed E-state index contributed by atoms with van der Waals surface area (Å²) in [5, 5.41) is 5.95. The van der Waals surface area contributed by atoms with E-state index in [1.165, 1.54) is 12.1 Å². The van der Waals surface area contributed by atoms with E-state index in [1.807, 2.05) is 19.9 Å². The Labute approximate surface area is 157 Å². The van der Waals surface area contributed by atoms with Crippen molar-refractivity contribution in [2.75, 3.05) is 5.32 Å². The molecule has 2 aromatic rings. The molecule has 0 spiro atoms. The van der Waals surface area contributed by atoms with Gasteiger partial charge in [-0.05, 0) is 73.6 Å². The average molecular weight is 367 g/mol. The van der Waals surface area contributed by atoms with Crippen LogP contribution in [0.2, 0.25) is 0 Å². The number of halogens is 1. The number of hydrogen-bond donors (Lipinski definition) is 2. The van der Waals surface area contributed by atoms with Gasteiger partial charge in [0.25, 0.3) is 5.91 Å². The van der Waals surface area contributed by atoms with E-state index < -0.39 is 0 Å². The topological polar surface area (TPSA) is 71.1 Å². The fourth-order valence-corrected chi connectivity index (χ4v) is 4.49. The van der Waals surface area contributed by atoms with Crippen LogP contribution in [-0.2, 0) is 4.79 Å². The Morgan fingerprint density at radius 2 is 1.81 bits per heavy atom. The molecule has 1 unspecified atom stereocenters. The monoisotopic (exact) mass is 367 g/mol. The molecule has 2 N–H and O–H groups in total. The zero-order valence-electron chi connectivity index (χ0n) is 15.4. The zero-order valence-corrected chi connectivity index (χ0v) is 15.4. The van der Waals surface area contributed by atoms with Crippen molar-refractivity contribution in [2.24, 2.45) is 11.3 Å². The number of carbonyl (C=O) groups is 2. The Morgan fingerprint density at radius 1 is 1.15 bits per heavy atom. The summed E-state index contributed by atoms with van der Waals surface area (Å²) in [6, 6.07) is 9.39. The fraction of sp³-hybridized carbons (Fsp3) is 0.381. The molecule has 2 bridgehead atoms. The van der Waals surface area contributed by atoms with Crippen LogP contribution in [0.15, 0.2) is 42.6 Å². The lowest BCUT2D eigenvalue weighted by molar-refractivity contribution is -0.184. The molecule has 3 aliphatic carbocycles. The molecule has 1 atom stereocenters. The maximum absolute atomic E-state index is 13.0. The van der Waals surface area contributed by atoms with E-state index in [0.717, 1.165) is 24.8 Å². The Balaban J connectivity index is 1.33. The maximum atomic E-state index is 13.0. The Kier molecular flexibility index (Phi) is 4.02. The van der Waals surface area contributed by atoms with Gasteiger partial charge in [-0.15, -0.1) is 0 Å². The number of aryl methyl sites for hydroxylation is 1. The second-order valence-corrected chi connectivity index (χ2v) is 8.06. The summed E-state index contributed by atoms with van der Waals surface area (Å²) in [6.07, 6.45) is 4.04. The molecule has 6 heteroatoms. The first-order chi connectivity index (χ1) is 12.8. The lowest BCUT2D eigenvalue weighted by atomic mass is 9.36. The van der Waals surface area contributed by atoms with Crippen molar-refractivity contribution in [3.63, 3.8) is 0 Å². The molecule has 27 heavy (non-hydrogen) atoms. The predicted molar refractivity (Wildman–Crippen MR) is 99.6 cm³/mol. The van der Waals surface area contributed by atoms with E-state index in [2.05, 4.69) is 15.6 Å². The molecule has 0 radical (unpaired) electrons. The first kappa shape index (κ1) is 17.6. The van der Waals surface area contributed by atoms with E-state index in [-0.39, 0.29) is 34.5 Å². The van der Waals surface area contributed by atoms with Crippen LogP contribution in [0.5, 0.6) is 0 Å². The predicted octanol–water partition coefficient (Wildman–Crippen LogP) is 3.46. The summed E-state index contributed by atoms with van der Waals surface area (Å²) in [5.74, 6) is -0.725. The third-order valence-corrected chi connectivity index (χ3v) is 6.02. The summed E-state index contributed by atoms with van der Waals surface area (Å²) in [7, 11) is 0. The minimum atomic E-state index is -0.332. The number of carbonyl (C=O) groups excluding carboxylic acids is 2. The Bertz CT molecular complexity index is 890. The van der Waals surface area contributed by atoms with Crippen LogP contribution in [0.1, 0.15) is 42.2 Å². The third-order valence-electron chi connectivity index (χ3n) is 6.02. The highest BCUT2D eigenvalue weighted by atomic mass is 19.1. The summed E-state index contributed by atoms with van der Waals surface area (Å²) in [4.78, 5) is 29.1. The van der Waals surface area contributed by atoms with Gasteiger partial charge in [0.2, 0.25) is 5.91 Å². The zero-order chi connectivity index (χ0) is 19.2. The van der Waals surface area contributed by atoms with Gasteiger partial charge < -0.3 is 10.6 Å².